The molecule has 0 aliphatic rings. The smallest absolute Gasteiger partial charge is 0.462 e. The fourth-order valence-corrected chi connectivity index (χ4v) is 31.7. The van der Waals surface area contributed by atoms with Gasteiger partial charge in [0.25, 0.3) is 9.28 Å². The van der Waals surface area contributed by atoms with E-state index < -0.39 is 84.1 Å². The Labute approximate surface area is 521 Å². The van der Waals surface area contributed by atoms with Gasteiger partial charge in [-0.15, -0.1) is 0 Å². The van der Waals surface area contributed by atoms with Gasteiger partial charge < -0.3 is 44.3 Å². The van der Waals surface area contributed by atoms with Crippen molar-refractivity contribution in [1.29, 1.82) is 0 Å². The van der Waals surface area contributed by atoms with E-state index in [1.165, 1.54) is 0 Å². The molecule has 1 atom stereocenters. The van der Waals surface area contributed by atoms with E-state index in [-0.39, 0.29) is 53.6 Å². The number of esters is 4. The second kappa shape index (κ2) is 49.9. The third kappa shape index (κ3) is 67.5. The number of ether oxygens (including phenoxy) is 4. The molecule has 0 saturated carbocycles. The average molecular weight is 1370 g/mol. The number of carbonyl (C=O) groups is 4. The van der Waals surface area contributed by atoms with E-state index in [0.29, 0.717) is 48.7 Å². The van der Waals surface area contributed by atoms with E-state index in [1.807, 2.05) is 0 Å². The summed E-state index contributed by atoms with van der Waals surface area (Å²) >= 11 is 0. The van der Waals surface area contributed by atoms with Crippen LogP contribution in [0.2, 0.25) is 129 Å². The van der Waals surface area contributed by atoms with Crippen LogP contribution in [0.4, 0.5) is 13.2 Å². The standard InChI is InChI=1S/C23H48O7Si4.C20H38O5Si2.C4H12OSi.C3H10OSi.CHF3O3S.4CH4/c1-20(2)22(24)26-16-12-14-18-32(6,7)28-31(5)29-34(10,11)30-33(8,9)19-15-13-17-27-23(25)21(3)4;1-17(2)19(21)23-13-9-11-15-26(5,6)25-27(7,8)16-12-10-14-24-20(22)18(3)4;1-5-6(2,3)4;1-4-5(2)3;2-1(3,4)8(5,6)7;;;;/h31H,1,3,12-19H2,2,4-11H3;1,3,9-16H2,2,4-8H3;1-4H3;5H,1-3H3;(H,5,6,7);4*1H4. The summed E-state index contributed by atoms with van der Waals surface area (Å²) in [6, 6.07) is 4.11. The molecule has 0 radical (unpaired) electrons. The van der Waals surface area contributed by atoms with Gasteiger partial charge >= 0.3 is 48.1 Å². The SMILES string of the molecule is C.C.C.C.C=C(C)C(=O)OCCCC[Si](C)(C)O[SiH](C)O[Si](C)(C)O[Si](C)(C)CCCCOC(=O)C(=C)C.C=C(C)C(=O)OCCCC[Si](C)(C)O[Si](C)(C)CCCCOC(=O)C(=C)C.CO[SiH](C)C.CO[Si](C)(C)C.O=S(=O)(O)C(F)(F)F. The molecular formula is C55H125F3O17SSi8. The van der Waals surface area contributed by atoms with Gasteiger partial charge in [-0.05, 0) is 182 Å². The normalized spacial score (nSPS) is 11.9. The molecule has 0 aliphatic carbocycles. The van der Waals surface area contributed by atoms with E-state index in [9.17, 15) is 32.3 Å². The Morgan fingerprint density at radius 2 is 0.679 bits per heavy atom. The van der Waals surface area contributed by atoms with Gasteiger partial charge in [0.2, 0.25) is 0 Å². The first-order valence-corrected chi connectivity index (χ1v) is 52.1. The third-order valence-corrected chi connectivity index (χ3v) is 35.5. The number of alkyl halides is 3. The van der Waals surface area contributed by atoms with Crippen LogP contribution in [0.25, 0.3) is 0 Å². The molecular weight excluding hydrogens is 1250 g/mol. The minimum absolute atomic E-state index is 0. The summed E-state index contributed by atoms with van der Waals surface area (Å²) in [5, 5.41) is 0. The molecule has 0 bridgehead atoms. The van der Waals surface area contributed by atoms with Crippen molar-refractivity contribution in [3.8, 4) is 0 Å². The van der Waals surface area contributed by atoms with Crippen molar-refractivity contribution in [3.63, 3.8) is 0 Å². The summed E-state index contributed by atoms with van der Waals surface area (Å²) < 4.78 is 114. The molecule has 29 heteroatoms. The lowest BCUT2D eigenvalue weighted by molar-refractivity contribution is -0.139. The van der Waals surface area contributed by atoms with E-state index in [2.05, 4.69) is 131 Å². The number of carbonyl (C=O) groups excluding carboxylic acids is 4. The number of hydrogen-bond acceptors (Lipinski definition) is 16. The first-order chi connectivity index (χ1) is 35.9. The van der Waals surface area contributed by atoms with E-state index in [1.54, 1.807) is 41.9 Å². The average Bonchev–Trinajstić information content (AvgIpc) is 3.26. The lowest BCUT2D eigenvalue weighted by Gasteiger charge is -2.37. The molecule has 1 N–H and O–H groups in total. The molecule has 0 aromatic rings. The lowest BCUT2D eigenvalue weighted by Crippen LogP contribution is -2.51. The van der Waals surface area contributed by atoms with E-state index in [0.717, 1.165) is 75.5 Å². The molecule has 0 rings (SSSR count). The van der Waals surface area contributed by atoms with Crippen LogP contribution in [0.1, 0.15) is 109 Å². The zero-order chi connectivity index (χ0) is 64.2. The number of hydrogen-bond donors (Lipinski definition) is 1. The van der Waals surface area contributed by atoms with Gasteiger partial charge in [0.05, 0.1) is 26.4 Å². The van der Waals surface area contributed by atoms with Crippen molar-refractivity contribution < 1.29 is 89.6 Å². The Morgan fingerprint density at radius 3 is 0.869 bits per heavy atom. The largest absolute Gasteiger partial charge is 0.522 e. The van der Waals surface area contributed by atoms with Crippen molar-refractivity contribution in [2.24, 2.45) is 0 Å². The molecule has 0 saturated heterocycles. The summed E-state index contributed by atoms with van der Waals surface area (Å²) in [5.41, 5.74) is -3.80. The van der Waals surface area contributed by atoms with Gasteiger partial charge in [0.15, 0.2) is 50.6 Å². The second-order valence-corrected chi connectivity index (χ2v) is 55.6. The summed E-state index contributed by atoms with van der Waals surface area (Å²) in [6.07, 6.45) is 7.28. The number of halogens is 3. The van der Waals surface area contributed by atoms with E-state index in [4.69, 9.17) is 57.2 Å². The topological polar surface area (TPSA) is 215 Å². The molecule has 0 aromatic heterocycles. The summed E-state index contributed by atoms with van der Waals surface area (Å²) in [7, 11) is -15.5. The van der Waals surface area contributed by atoms with Crippen LogP contribution in [0.5, 0.6) is 0 Å². The highest BCUT2D eigenvalue weighted by Gasteiger charge is 2.44. The van der Waals surface area contributed by atoms with Crippen LogP contribution >= 0.6 is 0 Å². The van der Waals surface area contributed by atoms with Crippen molar-refractivity contribution >= 4 is 102 Å². The Morgan fingerprint density at radius 1 is 0.464 bits per heavy atom. The maximum atomic E-state index is 11.5. The zero-order valence-electron chi connectivity index (χ0n) is 53.3. The highest BCUT2D eigenvalue weighted by molar-refractivity contribution is 7.86. The molecule has 0 spiro atoms. The van der Waals surface area contributed by atoms with Gasteiger partial charge in [-0.25, -0.2) is 19.2 Å². The van der Waals surface area contributed by atoms with Crippen molar-refractivity contribution in [3.05, 3.63) is 48.6 Å². The fourth-order valence-electron chi connectivity index (χ4n) is 6.29. The molecule has 17 nitrogen and oxygen atoms in total. The molecule has 0 amide bonds. The van der Waals surface area contributed by atoms with Crippen LogP contribution in [0, 0.1) is 0 Å². The van der Waals surface area contributed by atoms with Gasteiger partial charge in [0.1, 0.15) is 0 Å². The quantitative estimate of drug-likeness (QED) is 0.0121. The predicted octanol–water partition coefficient (Wildman–Crippen LogP) is 16.0. The Balaban J connectivity index is -0.000000142. The van der Waals surface area contributed by atoms with Crippen molar-refractivity contribution in [2.45, 2.75) is 243 Å². The van der Waals surface area contributed by atoms with Crippen LogP contribution in [-0.2, 0) is 73.6 Å². The minimum atomic E-state index is -5.84. The lowest BCUT2D eigenvalue weighted by atomic mass is 10.3. The summed E-state index contributed by atoms with van der Waals surface area (Å²) in [5.74, 6) is -1.28. The molecule has 0 heterocycles. The maximum Gasteiger partial charge on any atom is 0.522 e. The van der Waals surface area contributed by atoms with Gasteiger partial charge in [0, 0.05) is 36.5 Å². The van der Waals surface area contributed by atoms with Gasteiger partial charge in [-0.3, -0.25) is 4.55 Å². The highest BCUT2D eigenvalue weighted by atomic mass is 32.2. The second-order valence-electron chi connectivity index (χ2n) is 23.5. The molecule has 0 aromatic carbocycles. The number of rotatable bonds is 34. The maximum absolute atomic E-state index is 11.5. The third-order valence-electron chi connectivity index (χ3n) is 10.4. The van der Waals surface area contributed by atoms with Gasteiger partial charge in [-0.2, -0.15) is 21.6 Å². The Kier molecular flexibility index (Phi) is 59.9. The molecule has 506 valence electrons. The molecule has 0 aliphatic heterocycles. The van der Waals surface area contributed by atoms with Crippen molar-refractivity contribution in [2.75, 3.05) is 40.6 Å². The summed E-state index contributed by atoms with van der Waals surface area (Å²) in [6.45, 7) is 57.6. The van der Waals surface area contributed by atoms with Crippen LogP contribution in [0.15, 0.2) is 48.6 Å². The number of unbranched alkanes of at least 4 members (excludes halogenated alkanes) is 4. The Hall–Kier alpha value is -1.96. The van der Waals surface area contributed by atoms with E-state index >= 15 is 0 Å². The Bertz CT molecular complexity index is 1920. The van der Waals surface area contributed by atoms with Crippen molar-refractivity contribution in [1.82, 2.24) is 0 Å². The fraction of sp³-hybridized carbons (Fsp3) is 0.782. The van der Waals surface area contributed by atoms with Gasteiger partial charge in [-0.1, -0.05) is 81.7 Å². The van der Waals surface area contributed by atoms with Crippen LogP contribution in [0.3, 0.4) is 0 Å². The first-order valence-electron chi connectivity index (χ1n) is 27.1. The van der Waals surface area contributed by atoms with Crippen LogP contribution < -0.4 is 0 Å². The van der Waals surface area contributed by atoms with Crippen LogP contribution in [-0.4, -0.2) is 151 Å². The molecule has 84 heavy (non-hydrogen) atoms. The molecule has 0 fully saturated rings. The first kappa shape index (κ1) is 101. The summed E-state index contributed by atoms with van der Waals surface area (Å²) in [4.78, 5) is 45.6. The molecule has 1 unspecified atom stereocenters. The monoisotopic (exact) mass is 1370 g/mol. The minimum Gasteiger partial charge on any atom is -0.462 e. The zero-order valence-corrected chi connectivity index (χ0v) is 62.4. The predicted molar refractivity (Wildman–Crippen MR) is 365 cm³/mol. The highest BCUT2D eigenvalue weighted by Crippen LogP contribution is 2.27.